The van der Waals surface area contributed by atoms with Crippen molar-refractivity contribution in [1.29, 1.82) is 0 Å². The fourth-order valence-electron chi connectivity index (χ4n) is 2.96. The zero-order chi connectivity index (χ0) is 15.4. The van der Waals surface area contributed by atoms with Gasteiger partial charge in [-0.2, -0.15) is 0 Å². The average molecular weight is 315 g/mol. The maximum atomic E-state index is 12.5. The number of nitrogens with one attached hydrogen (secondary N) is 1. The molecule has 3 nitrogen and oxygen atoms in total. The van der Waals surface area contributed by atoms with Gasteiger partial charge in [0.05, 0.1) is 12.6 Å². The highest BCUT2D eigenvalue weighted by atomic mass is 35.5. The van der Waals surface area contributed by atoms with Crippen LogP contribution in [-0.4, -0.2) is 23.9 Å². The van der Waals surface area contributed by atoms with Crippen LogP contribution in [0.2, 0.25) is 5.02 Å². The number of hydrogen-bond acceptors (Lipinski definition) is 2. The minimum atomic E-state index is 0.131. The Morgan fingerprint density at radius 2 is 2.00 bits per heavy atom. The van der Waals surface area contributed by atoms with E-state index in [1.54, 1.807) is 0 Å². The summed E-state index contributed by atoms with van der Waals surface area (Å²) in [5, 5.41) is 3.91. The standard InChI is InChI=1S/C18H19ClN2O/c19-15-7-4-6-14(12-15)17-10-5-11-21(17)18(22)13-20-16-8-2-1-3-9-16/h1-4,6-9,12,17,20H,5,10-11,13H2. The third kappa shape index (κ3) is 3.42. The summed E-state index contributed by atoms with van der Waals surface area (Å²) in [5.74, 6) is 0.131. The van der Waals surface area contributed by atoms with Crippen LogP contribution >= 0.6 is 11.6 Å². The molecule has 3 rings (SSSR count). The van der Waals surface area contributed by atoms with E-state index in [1.165, 1.54) is 0 Å². The van der Waals surface area contributed by atoms with Crippen molar-refractivity contribution in [3.05, 3.63) is 65.2 Å². The molecule has 1 N–H and O–H groups in total. The summed E-state index contributed by atoms with van der Waals surface area (Å²) in [4.78, 5) is 14.5. The molecule has 2 aromatic carbocycles. The predicted molar refractivity (Wildman–Crippen MR) is 90.1 cm³/mol. The second kappa shape index (κ2) is 6.84. The van der Waals surface area contributed by atoms with E-state index in [2.05, 4.69) is 5.32 Å². The second-order valence-electron chi connectivity index (χ2n) is 5.52. The van der Waals surface area contributed by atoms with Gasteiger partial charge in [0.25, 0.3) is 0 Å². The van der Waals surface area contributed by atoms with Gasteiger partial charge in [-0.1, -0.05) is 41.9 Å². The molecular weight excluding hydrogens is 296 g/mol. The first-order valence-electron chi connectivity index (χ1n) is 7.58. The number of likely N-dealkylation sites (tertiary alicyclic amines) is 1. The van der Waals surface area contributed by atoms with E-state index in [0.717, 1.165) is 35.7 Å². The summed E-state index contributed by atoms with van der Waals surface area (Å²) in [6.45, 7) is 1.13. The van der Waals surface area contributed by atoms with Gasteiger partial charge in [-0.05, 0) is 42.7 Å². The van der Waals surface area contributed by atoms with Crippen LogP contribution in [0, 0.1) is 0 Å². The highest BCUT2D eigenvalue weighted by Crippen LogP contribution is 2.32. The van der Waals surface area contributed by atoms with Crippen LogP contribution in [0.1, 0.15) is 24.4 Å². The van der Waals surface area contributed by atoms with Crippen molar-refractivity contribution in [1.82, 2.24) is 4.90 Å². The number of benzene rings is 2. The Morgan fingerprint density at radius 1 is 1.18 bits per heavy atom. The van der Waals surface area contributed by atoms with Crippen LogP contribution in [-0.2, 0) is 4.79 Å². The van der Waals surface area contributed by atoms with Crippen LogP contribution in [0.4, 0.5) is 5.69 Å². The molecule has 114 valence electrons. The Labute approximate surface area is 135 Å². The number of carbonyl (C=O) groups is 1. The van der Waals surface area contributed by atoms with Gasteiger partial charge in [-0.25, -0.2) is 0 Å². The Kier molecular flexibility index (Phi) is 4.64. The van der Waals surface area contributed by atoms with Gasteiger partial charge < -0.3 is 10.2 Å². The number of nitrogens with zero attached hydrogens (tertiary/aromatic N) is 1. The minimum Gasteiger partial charge on any atom is -0.376 e. The molecule has 1 atom stereocenters. The van der Waals surface area contributed by atoms with Crippen LogP contribution < -0.4 is 5.32 Å². The van der Waals surface area contributed by atoms with Crippen molar-refractivity contribution in [2.75, 3.05) is 18.4 Å². The van der Waals surface area contributed by atoms with Gasteiger partial charge in [-0.15, -0.1) is 0 Å². The zero-order valence-electron chi connectivity index (χ0n) is 12.3. The molecule has 1 heterocycles. The van der Waals surface area contributed by atoms with E-state index in [0.29, 0.717) is 6.54 Å². The fraction of sp³-hybridized carbons (Fsp3) is 0.278. The molecular formula is C18H19ClN2O. The number of amides is 1. The van der Waals surface area contributed by atoms with E-state index in [-0.39, 0.29) is 11.9 Å². The van der Waals surface area contributed by atoms with Gasteiger partial charge >= 0.3 is 0 Å². The number of para-hydroxylation sites is 1. The van der Waals surface area contributed by atoms with Crippen molar-refractivity contribution in [2.45, 2.75) is 18.9 Å². The molecule has 4 heteroatoms. The molecule has 2 aromatic rings. The lowest BCUT2D eigenvalue weighted by molar-refractivity contribution is -0.130. The number of anilines is 1. The zero-order valence-corrected chi connectivity index (χ0v) is 13.1. The van der Waals surface area contributed by atoms with E-state index in [1.807, 2.05) is 59.5 Å². The molecule has 1 aliphatic rings. The largest absolute Gasteiger partial charge is 0.376 e. The molecule has 1 aliphatic heterocycles. The predicted octanol–water partition coefficient (Wildman–Crippen LogP) is 4.12. The number of hydrogen-bond donors (Lipinski definition) is 1. The molecule has 1 amide bonds. The lowest BCUT2D eigenvalue weighted by atomic mass is 10.0. The third-order valence-corrected chi connectivity index (χ3v) is 4.26. The van der Waals surface area contributed by atoms with E-state index >= 15 is 0 Å². The Balaban J connectivity index is 1.66. The molecule has 1 fully saturated rings. The maximum absolute atomic E-state index is 12.5. The van der Waals surface area contributed by atoms with Crippen LogP contribution in [0.25, 0.3) is 0 Å². The Bertz CT molecular complexity index is 645. The minimum absolute atomic E-state index is 0.131. The summed E-state index contributed by atoms with van der Waals surface area (Å²) in [7, 11) is 0. The SMILES string of the molecule is O=C(CNc1ccccc1)N1CCCC1c1cccc(Cl)c1. The topological polar surface area (TPSA) is 32.3 Å². The molecule has 0 saturated carbocycles. The highest BCUT2D eigenvalue weighted by Gasteiger charge is 2.29. The van der Waals surface area contributed by atoms with Crippen LogP contribution in [0.3, 0.4) is 0 Å². The van der Waals surface area contributed by atoms with E-state index in [4.69, 9.17) is 11.6 Å². The van der Waals surface area contributed by atoms with E-state index < -0.39 is 0 Å². The molecule has 1 saturated heterocycles. The van der Waals surface area contributed by atoms with Crippen molar-refractivity contribution in [3.63, 3.8) is 0 Å². The van der Waals surface area contributed by atoms with Crippen LogP contribution in [0.15, 0.2) is 54.6 Å². The monoisotopic (exact) mass is 314 g/mol. The fourth-order valence-corrected chi connectivity index (χ4v) is 3.16. The summed E-state index contributed by atoms with van der Waals surface area (Å²) < 4.78 is 0. The summed E-state index contributed by atoms with van der Waals surface area (Å²) in [6.07, 6.45) is 2.03. The molecule has 0 radical (unpaired) electrons. The van der Waals surface area contributed by atoms with Gasteiger partial charge in [0.2, 0.25) is 5.91 Å². The normalized spacial score (nSPS) is 17.5. The number of rotatable bonds is 4. The Morgan fingerprint density at radius 3 is 2.77 bits per heavy atom. The Hall–Kier alpha value is -2.00. The number of halogens is 1. The molecule has 22 heavy (non-hydrogen) atoms. The molecule has 0 aromatic heterocycles. The highest BCUT2D eigenvalue weighted by molar-refractivity contribution is 6.30. The molecule has 0 spiro atoms. The van der Waals surface area contributed by atoms with Gasteiger partial charge in [0, 0.05) is 17.3 Å². The van der Waals surface area contributed by atoms with E-state index in [9.17, 15) is 4.79 Å². The first-order chi connectivity index (χ1) is 10.7. The molecule has 1 unspecified atom stereocenters. The van der Waals surface area contributed by atoms with Crippen molar-refractivity contribution < 1.29 is 4.79 Å². The second-order valence-corrected chi connectivity index (χ2v) is 5.96. The molecule has 0 aliphatic carbocycles. The van der Waals surface area contributed by atoms with Gasteiger partial charge in [0.1, 0.15) is 0 Å². The summed E-state index contributed by atoms with van der Waals surface area (Å²) in [5.41, 5.74) is 2.09. The quantitative estimate of drug-likeness (QED) is 0.921. The van der Waals surface area contributed by atoms with Crippen LogP contribution in [0.5, 0.6) is 0 Å². The maximum Gasteiger partial charge on any atom is 0.242 e. The first-order valence-corrected chi connectivity index (χ1v) is 7.96. The lowest BCUT2D eigenvalue weighted by Crippen LogP contribution is -2.35. The molecule has 0 bridgehead atoms. The lowest BCUT2D eigenvalue weighted by Gasteiger charge is -2.25. The first kappa shape index (κ1) is 14.9. The van der Waals surface area contributed by atoms with Crippen molar-refractivity contribution >= 4 is 23.2 Å². The summed E-state index contributed by atoms with van der Waals surface area (Å²) >= 11 is 6.08. The van der Waals surface area contributed by atoms with Crippen molar-refractivity contribution in [3.8, 4) is 0 Å². The summed E-state index contributed by atoms with van der Waals surface area (Å²) in [6, 6.07) is 17.8. The van der Waals surface area contributed by atoms with Crippen molar-refractivity contribution in [2.24, 2.45) is 0 Å². The van der Waals surface area contributed by atoms with Gasteiger partial charge in [0.15, 0.2) is 0 Å². The third-order valence-electron chi connectivity index (χ3n) is 4.02. The average Bonchev–Trinajstić information content (AvgIpc) is 3.03. The van der Waals surface area contributed by atoms with Gasteiger partial charge in [-0.3, -0.25) is 4.79 Å². The number of carbonyl (C=O) groups excluding carboxylic acids is 1. The smallest absolute Gasteiger partial charge is 0.242 e.